The maximum Gasteiger partial charge on any atom is 0.309 e. The first-order valence-corrected chi connectivity index (χ1v) is 22.1. The maximum atomic E-state index is 14.6. The summed E-state index contributed by atoms with van der Waals surface area (Å²) in [7, 11) is 1.98. The standard InChI is InChI=1S/C47H67ClN4O5/c1-28(2)38-33(53)25-47(40-50-22-17-32(52(40)24-23-49-10)31-13-11-29(48)27-51-31)21-20-45(8)30(39(38)47)12-14-35-44(7)18-16-36(57-37(54)26-42(3,4)41(55)56)43(5,6)34(44)15-19-46(35,45)9/h11,13,17,27-28,30,34-36,49H,12,14-16,18-26H2,1-10H3,(H,55,56). The van der Waals surface area contributed by atoms with Gasteiger partial charge in [0.2, 0.25) is 0 Å². The van der Waals surface area contributed by atoms with Crippen LogP contribution in [-0.4, -0.2) is 71.3 Å². The van der Waals surface area contributed by atoms with Crippen LogP contribution in [0, 0.1) is 56.2 Å². The van der Waals surface area contributed by atoms with Crippen molar-refractivity contribution in [3.63, 3.8) is 0 Å². The normalized spacial score (nSPS) is 36.1. The number of halogens is 1. The lowest BCUT2D eigenvalue weighted by atomic mass is 9.33. The molecular weight excluding hydrogens is 736 g/mol. The zero-order chi connectivity index (χ0) is 41.5. The van der Waals surface area contributed by atoms with E-state index in [2.05, 4.69) is 64.8 Å². The van der Waals surface area contributed by atoms with Crippen LogP contribution in [0.2, 0.25) is 5.02 Å². The van der Waals surface area contributed by atoms with Gasteiger partial charge in [-0.3, -0.25) is 24.4 Å². The molecule has 2 heterocycles. The molecule has 1 aromatic rings. The smallest absolute Gasteiger partial charge is 0.309 e. The van der Waals surface area contributed by atoms with Gasteiger partial charge in [0.1, 0.15) is 11.9 Å². The molecule has 1 aromatic heterocycles. The highest BCUT2D eigenvalue weighted by molar-refractivity contribution is 6.30. The summed E-state index contributed by atoms with van der Waals surface area (Å²) in [6.07, 6.45) is 12.0. The molecule has 8 atom stereocenters. The average Bonchev–Trinajstić information content (AvgIpc) is 3.45. The van der Waals surface area contributed by atoms with Gasteiger partial charge in [-0.15, -0.1) is 0 Å². The quantitative estimate of drug-likeness (QED) is 0.225. The monoisotopic (exact) mass is 802 g/mol. The third-order valence-corrected chi connectivity index (χ3v) is 17.1. The number of fused-ring (bicyclic) bond motifs is 7. The summed E-state index contributed by atoms with van der Waals surface area (Å²) in [5, 5.41) is 13.6. The molecular formula is C47H67ClN4O5. The highest BCUT2D eigenvalue weighted by atomic mass is 35.5. The van der Waals surface area contributed by atoms with E-state index >= 15 is 0 Å². The minimum absolute atomic E-state index is 0.00913. The number of ether oxygens (including phenoxy) is 1. The number of aliphatic carboxylic acids is 1. The maximum absolute atomic E-state index is 14.6. The zero-order valence-corrected chi connectivity index (χ0v) is 36.9. The lowest BCUT2D eigenvalue weighted by Crippen LogP contribution is -2.66. The number of aromatic nitrogens is 1. The minimum Gasteiger partial charge on any atom is -0.481 e. The summed E-state index contributed by atoms with van der Waals surface area (Å²) < 4.78 is 6.21. The van der Waals surface area contributed by atoms with E-state index in [0.29, 0.717) is 35.6 Å². The average molecular weight is 804 g/mol. The molecule has 0 aromatic carbocycles. The predicted octanol–water partition coefficient (Wildman–Crippen LogP) is 9.40. The molecule has 8 unspecified atom stereocenters. The van der Waals surface area contributed by atoms with E-state index in [0.717, 1.165) is 87.3 Å². The van der Waals surface area contributed by atoms with Crippen LogP contribution in [0.3, 0.4) is 0 Å². The Morgan fingerprint density at radius 3 is 2.40 bits per heavy atom. The molecule has 1 aliphatic heterocycles. The number of allylic oxidation sites excluding steroid dienone is 1. The van der Waals surface area contributed by atoms with Crippen LogP contribution in [0.5, 0.6) is 0 Å². The Bertz CT molecular complexity index is 1900. The molecule has 0 bridgehead atoms. The molecule has 57 heavy (non-hydrogen) atoms. The van der Waals surface area contributed by atoms with Crippen molar-refractivity contribution in [1.29, 1.82) is 0 Å². The van der Waals surface area contributed by atoms with E-state index in [1.165, 1.54) is 5.57 Å². The Balaban J connectivity index is 1.23. The Morgan fingerprint density at radius 2 is 1.75 bits per heavy atom. The first kappa shape index (κ1) is 42.1. The summed E-state index contributed by atoms with van der Waals surface area (Å²) in [4.78, 5) is 52.1. The van der Waals surface area contributed by atoms with Gasteiger partial charge in [-0.2, -0.15) is 0 Å². The van der Waals surface area contributed by atoms with Gasteiger partial charge in [0, 0.05) is 31.1 Å². The van der Waals surface area contributed by atoms with Crippen LogP contribution < -0.4 is 5.32 Å². The number of Topliss-reactive ketones (excluding diaryl/α,β-unsaturated/α-hetero) is 1. The van der Waals surface area contributed by atoms with Crippen LogP contribution in [0.15, 0.2) is 40.5 Å². The number of nitrogens with zero attached hydrogens (tertiary/aromatic N) is 3. The van der Waals surface area contributed by atoms with Crippen molar-refractivity contribution in [2.75, 3.05) is 26.7 Å². The van der Waals surface area contributed by atoms with E-state index in [4.69, 9.17) is 26.3 Å². The number of carboxylic acid groups (broad SMARTS) is 1. The van der Waals surface area contributed by atoms with Crippen molar-refractivity contribution in [3.05, 3.63) is 46.3 Å². The third kappa shape index (κ3) is 6.46. The molecule has 4 fully saturated rings. The number of rotatable bonds is 10. The van der Waals surface area contributed by atoms with Crippen LogP contribution >= 0.6 is 11.6 Å². The number of carbonyl (C=O) groups is 3. The second-order valence-corrected chi connectivity index (χ2v) is 21.3. The van der Waals surface area contributed by atoms with Crippen LogP contribution in [0.25, 0.3) is 5.70 Å². The number of hydrogen-bond acceptors (Lipinski definition) is 8. The lowest BCUT2D eigenvalue weighted by Gasteiger charge is -2.72. The van der Waals surface area contributed by atoms with Gasteiger partial charge < -0.3 is 20.1 Å². The Hall–Kier alpha value is -3.04. The molecule has 312 valence electrons. The summed E-state index contributed by atoms with van der Waals surface area (Å²) in [6.45, 7) is 21.9. The van der Waals surface area contributed by atoms with E-state index in [1.54, 1.807) is 20.0 Å². The summed E-state index contributed by atoms with van der Waals surface area (Å²) in [5.74, 6) is 1.19. The number of nitrogens with one attached hydrogen (secondary N) is 1. The molecule has 0 radical (unpaired) electrons. The lowest BCUT2D eigenvalue weighted by molar-refractivity contribution is -0.232. The van der Waals surface area contributed by atoms with Gasteiger partial charge in [-0.05, 0) is 142 Å². The van der Waals surface area contributed by atoms with E-state index in [-0.39, 0.29) is 46.0 Å². The van der Waals surface area contributed by atoms with E-state index in [1.807, 2.05) is 19.2 Å². The Morgan fingerprint density at radius 1 is 1.02 bits per heavy atom. The summed E-state index contributed by atoms with van der Waals surface area (Å²) in [6, 6.07) is 3.89. The molecule has 2 N–H and O–H groups in total. The number of likely N-dealkylation sites (N-methyl/N-ethyl adjacent to an activating group) is 1. The van der Waals surface area contributed by atoms with Gasteiger partial charge in [-0.1, -0.05) is 60.1 Å². The largest absolute Gasteiger partial charge is 0.481 e. The first-order valence-electron chi connectivity index (χ1n) is 21.7. The third-order valence-electron chi connectivity index (χ3n) is 16.9. The van der Waals surface area contributed by atoms with Gasteiger partial charge in [0.05, 0.1) is 40.2 Å². The van der Waals surface area contributed by atoms with Gasteiger partial charge in [-0.25, -0.2) is 0 Å². The van der Waals surface area contributed by atoms with Crippen molar-refractivity contribution in [2.24, 2.45) is 61.2 Å². The number of ketones is 1. The molecule has 9 nitrogen and oxygen atoms in total. The van der Waals surface area contributed by atoms with Gasteiger partial charge >= 0.3 is 11.9 Å². The second kappa shape index (κ2) is 14.6. The topological polar surface area (TPSA) is 121 Å². The fourth-order valence-electron chi connectivity index (χ4n) is 13.9. The number of carboxylic acids is 1. The van der Waals surface area contributed by atoms with Gasteiger partial charge in [0.15, 0.2) is 5.78 Å². The summed E-state index contributed by atoms with van der Waals surface area (Å²) in [5.41, 5.74) is 2.59. The highest BCUT2D eigenvalue weighted by Gasteiger charge is 2.71. The molecule has 0 spiro atoms. The van der Waals surface area contributed by atoms with Crippen LogP contribution in [0.1, 0.15) is 132 Å². The van der Waals surface area contributed by atoms with Crippen molar-refractivity contribution in [1.82, 2.24) is 15.2 Å². The molecule has 5 aliphatic carbocycles. The number of esters is 1. The Kier molecular flexibility index (Phi) is 10.8. The summed E-state index contributed by atoms with van der Waals surface area (Å²) >= 11 is 6.30. The first-order chi connectivity index (χ1) is 26.7. The molecule has 0 amide bonds. The number of amidine groups is 1. The molecule has 4 saturated carbocycles. The van der Waals surface area contributed by atoms with Crippen LogP contribution in [-0.2, 0) is 19.1 Å². The zero-order valence-electron chi connectivity index (χ0n) is 36.2. The van der Waals surface area contributed by atoms with E-state index in [9.17, 15) is 19.5 Å². The number of aliphatic imine (C=N–C) groups is 1. The van der Waals surface area contributed by atoms with Gasteiger partial charge in [0.25, 0.3) is 0 Å². The fraction of sp³-hybridized carbons (Fsp3) is 0.723. The van der Waals surface area contributed by atoms with Crippen molar-refractivity contribution < 1.29 is 24.2 Å². The second-order valence-electron chi connectivity index (χ2n) is 20.9. The predicted molar refractivity (Wildman–Crippen MR) is 226 cm³/mol. The minimum atomic E-state index is -1.17. The Labute approximate surface area is 345 Å². The highest BCUT2D eigenvalue weighted by Crippen LogP contribution is 2.77. The molecule has 0 saturated heterocycles. The molecule has 10 heteroatoms. The number of hydrogen-bond donors (Lipinski definition) is 2. The van der Waals surface area contributed by atoms with Crippen LogP contribution in [0.4, 0.5) is 0 Å². The van der Waals surface area contributed by atoms with E-state index < -0.39 is 22.8 Å². The van der Waals surface area contributed by atoms with Crippen molar-refractivity contribution >= 4 is 40.9 Å². The van der Waals surface area contributed by atoms with Crippen molar-refractivity contribution in [2.45, 2.75) is 133 Å². The molecule has 6 aliphatic rings. The number of carbonyl (C=O) groups excluding carboxylic acids is 2. The van der Waals surface area contributed by atoms with Crippen molar-refractivity contribution in [3.8, 4) is 0 Å². The number of pyridine rings is 1. The fourth-order valence-corrected chi connectivity index (χ4v) is 14.0. The molecule has 7 rings (SSSR count). The SMILES string of the molecule is CNCCN1C(c2ccc(Cl)cn2)=CCN=C1C12CCC3(C)C(CCC4C5(C)CCC(OC(=O)CC(C)(C)C(=O)O)C(C)(C)C5CCC43C)C1=C(C(C)C)C(=O)C2.